The molecule has 1 amide bonds. The van der Waals surface area contributed by atoms with Crippen LogP contribution in [-0.4, -0.2) is 23.6 Å². The molecule has 0 heterocycles. The number of rotatable bonds is 2. The van der Waals surface area contributed by atoms with E-state index in [1.165, 1.54) is 24.1 Å². The van der Waals surface area contributed by atoms with Crippen LogP contribution in [0.2, 0.25) is 0 Å². The van der Waals surface area contributed by atoms with Crippen LogP contribution in [0.3, 0.4) is 0 Å². The molecule has 0 saturated heterocycles. The molecule has 0 bridgehead atoms. The number of hydrogen-bond acceptors (Lipinski definition) is 2. The standard InChI is InChI=1S/C14H19F2NO2/c1-9(10-6-11(15)8-12(16)7-10)17(5)13(18)19-14(2,3)4/h6-9H,1-5H3. The van der Waals surface area contributed by atoms with E-state index in [-0.39, 0.29) is 0 Å². The van der Waals surface area contributed by atoms with E-state index in [0.717, 1.165) is 6.07 Å². The minimum Gasteiger partial charge on any atom is -0.444 e. The van der Waals surface area contributed by atoms with Gasteiger partial charge < -0.3 is 9.64 Å². The summed E-state index contributed by atoms with van der Waals surface area (Å²) in [5.74, 6) is -1.33. The second-order valence-corrected chi connectivity index (χ2v) is 5.47. The Balaban J connectivity index is 2.87. The highest BCUT2D eigenvalue weighted by molar-refractivity contribution is 5.68. The molecule has 1 aromatic carbocycles. The number of hydrogen-bond donors (Lipinski definition) is 0. The van der Waals surface area contributed by atoms with Crippen LogP contribution in [0.15, 0.2) is 18.2 Å². The van der Waals surface area contributed by atoms with E-state index in [1.54, 1.807) is 27.7 Å². The second-order valence-electron chi connectivity index (χ2n) is 5.47. The molecule has 1 unspecified atom stereocenters. The predicted octanol–water partition coefficient (Wildman–Crippen LogP) is 3.89. The van der Waals surface area contributed by atoms with Crippen molar-refractivity contribution in [3.05, 3.63) is 35.4 Å². The summed E-state index contributed by atoms with van der Waals surface area (Å²) in [5.41, 5.74) is -0.232. The quantitative estimate of drug-likeness (QED) is 0.816. The monoisotopic (exact) mass is 271 g/mol. The molecular formula is C14H19F2NO2. The average molecular weight is 271 g/mol. The molecule has 0 spiro atoms. The van der Waals surface area contributed by atoms with Gasteiger partial charge in [-0.1, -0.05) is 0 Å². The van der Waals surface area contributed by atoms with E-state index in [4.69, 9.17) is 4.74 Å². The SMILES string of the molecule is CC(c1cc(F)cc(F)c1)N(C)C(=O)OC(C)(C)C. The molecule has 5 heteroatoms. The van der Waals surface area contributed by atoms with Crippen molar-refractivity contribution in [3.63, 3.8) is 0 Å². The lowest BCUT2D eigenvalue weighted by Crippen LogP contribution is -2.35. The third kappa shape index (κ3) is 4.50. The first-order valence-electron chi connectivity index (χ1n) is 6.02. The van der Waals surface area contributed by atoms with E-state index in [9.17, 15) is 13.6 Å². The van der Waals surface area contributed by atoms with Gasteiger partial charge in [-0.05, 0) is 45.4 Å². The number of benzene rings is 1. The summed E-state index contributed by atoms with van der Waals surface area (Å²) in [6.07, 6.45) is -0.537. The van der Waals surface area contributed by atoms with Crippen LogP contribution in [0.1, 0.15) is 39.3 Å². The summed E-state index contributed by atoms with van der Waals surface area (Å²) in [5, 5.41) is 0. The first kappa shape index (κ1) is 15.4. The lowest BCUT2D eigenvalue weighted by molar-refractivity contribution is 0.0233. The smallest absolute Gasteiger partial charge is 0.410 e. The number of halogens is 2. The zero-order valence-corrected chi connectivity index (χ0v) is 11.8. The van der Waals surface area contributed by atoms with Gasteiger partial charge >= 0.3 is 6.09 Å². The van der Waals surface area contributed by atoms with Gasteiger partial charge in [0.05, 0.1) is 6.04 Å². The van der Waals surface area contributed by atoms with Crippen molar-refractivity contribution in [2.45, 2.75) is 39.3 Å². The molecule has 1 rings (SSSR count). The average Bonchev–Trinajstić information content (AvgIpc) is 2.23. The van der Waals surface area contributed by atoms with Gasteiger partial charge in [-0.3, -0.25) is 0 Å². The second kappa shape index (κ2) is 5.55. The fourth-order valence-electron chi connectivity index (χ4n) is 1.53. The van der Waals surface area contributed by atoms with Crippen LogP contribution in [0.4, 0.5) is 13.6 Å². The summed E-state index contributed by atoms with van der Waals surface area (Å²) in [4.78, 5) is 13.2. The predicted molar refractivity (Wildman–Crippen MR) is 68.8 cm³/mol. The van der Waals surface area contributed by atoms with Crippen LogP contribution < -0.4 is 0 Å². The molecule has 0 fully saturated rings. The molecule has 0 aliphatic heterocycles. The van der Waals surface area contributed by atoms with Gasteiger partial charge in [0, 0.05) is 13.1 Å². The van der Waals surface area contributed by atoms with Gasteiger partial charge in [0.1, 0.15) is 17.2 Å². The largest absolute Gasteiger partial charge is 0.444 e. The molecule has 0 N–H and O–H groups in total. The van der Waals surface area contributed by atoms with E-state index in [0.29, 0.717) is 5.56 Å². The van der Waals surface area contributed by atoms with Crippen molar-refractivity contribution >= 4 is 6.09 Å². The van der Waals surface area contributed by atoms with Gasteiger partial charge in [-0.2, -0.15) is 0 Å². The maximum atomic E-state index is 13.1. The van der Waals surface area contributed by atoms with Crippen molar-refractivity contribution in [2.75, 3.05) is 7.05 Å². The summed E-state index contributed by atoms with van der Waals surface area (Å²) < 4.78 is 31.5. The highest BCUT2D eigenvalue weighted by atomic mass is 19.1. The molecule has 0 saturated carbocycles. The molecule has 19 heavy (non-hydrogen) atoms. The lowest BCUT2D eigenvalue weighted by atomic mass is 10.1. The van der Waals surface area contributed by atoms with Crippen LogP contribution in [0, 0.1) is 11.6 Å². The summed E-state index contributed by atoms with van der Waals surface area (Å²) >= 11 is 0. The molecule has 1 atom stereocenters. The van der Waals surface area contributed by atoms with Gasteiger partial charge in [0.15, 0.2) is 0 Å². The van der Waals surface area contributed by atoms with Crippen molar-refractivity contribution in [3.8, 4) is 0 Å². The number of ether oxygens (including phenoxy) is 1. The highest BCUT2D eigenvalue weighted by Crippen LogP contribution is 2.22. The fraction of sp³-hybridized carbons (Fsp3) is 0.500. The van der Waals surface area contributed by atoms with Crippen LogP contribution in [0.5, 0.6) is 0 Å². The van der Waals surface area contributed by atoms with Crippen LogP contribution >= 0.6 is 0 Å². The molecule has 0 radical (unpaired) electrons. The molecule has 3 nitrogen and oxygen atoms in total. The zero-order chi connectivity index (χ0) is 14.8. The first-order chi connectivity index (χ1) is 8.60. The number of amides is 1. The van der Waals surface area contributed by atoms with Crippen LogP contribution in [-0.2, 0) is 4.74 Å². The van der Waals surface area contributed by atoms with Gasteiger partial charge in [-0.25, -0.2) is 13.6 Å². The lowest BCUT2D eigenvalue weighted by Gasteiger charge is -2.29. The maximum Gasteiger partial charge on any atom is 0.410 e. The van der Waals surface area contributed by atoms with E-state index >= 15 is 0 Å². The Labute approximate surface area is 112 Å². The van der Waals surface area contributed by atoms with Gasteiger partial charge in [-0.15, -0.1) is 0 Å². The van der Waals surface area contributed by atoms with Gasteiger partial charge in [0.2, 0.25) is 0 Å². The molecule has 0 aliphatic carbocycles. The topological polar surface area (TPSA) is 29.5 Å². The van der Waals surface area contributed by atoms with E-state index in [1.807, 2.05) is 0 Å². The van der Waals surface area contributed by atoms with Crippen molar-refractivity contribution in [1.82, 2.24) is 4.90 Å². The normalized spacial score (nSPS) is 13.0. The van der Waals surface area contributed by atoms with Crippen molar-refractivity contribution in [1.29, 1.82) is 0 Å². The Morgan fingerprint density at radius 2 is 1.68 bits per heavy atom. The number of nitrogens with zero attached hydrogens (tertiary/aromatic N) is 1. The van der Waals surface area contributed by atoms with Crippen molar-refractivity contribution in [2.24, 2.45) is 0 Å². The minimum absolute atomic E-state index is 0.380. The Morgan fingerprint density at radius 1 is 1.21 bits per heavy atom. The van der Waals surface area contributed by atoms with Crippen LogP contribution in [0.25, 0.3) is 0 Å². The number of carbonyl (C=O) groups is 1. The van der Waals surface area contributed by atoms with Gasteiger partial charge in [0.25, 0.3) is 0 Å². The Kier molecular flexibility index (Phi) is 4.50. The maximum absolute atomic E-state index is 13.1. The summed E-state index contributed by atoms with van der Waals surface area (Å²) in [7, 11) is 1.53. The van der Waals surface area contributed by atoms with E-state index in [2.05, 4.69) is 0 Å². The first-order valence-corrected chi connectivity index (χ1v) is 6.02. The third-order valence-corrected chi connectivity index (χ3v) is 2.63. The minimum atomic E-state index is -0.667. The van der Waals surface area contributed by atoms with Crippen molar-refractivity contribution < 1.29 is 18.3 Å². The molecule has 1 aromatic rings. The summed E-state index contributed by atoms with van der Waals surface area (Å²) in [6.45, 7) is 6.94. The molecule has 0 aliphatic rings. The third-order valence-electron chi connectivity index (χ3n) is 2.63. The molecule has 106 valence electrons. The Bertz CT molecular complexity index is 449. The summed E-state index contributed by atoms with van der Waals surface area (Å²) in [6, 6.07) is 2.72. The Hall–Kier alpha value is -1.65. The molecule has 0 aromatic heterocycles. The Morgan fingerprint density at radius 3 is 2.11 bits per heavy atom. The molecular weight excluding hydrogens is 252 g/mol. The fourth-order valence-corrected chi connectivity index (χ4v) is 1.53. The zero-order valence-electron chi connectivity index (χ0n) is 11.8. The highest BCUT2D eigenvalue weighted by Gasteiger charge is 2.24. The van der Waals surface area contributed by atoms with E-state index < -0.39 is 29.4 Å². The number of carbonyl (C=O) groups excluding carboxylic acids is 1.